The van der Waals surface area contributed by atoms with Gasteiger partial charge in [0, 0.05) is 17.1 Å². The van der Waals surface area contributed by atoms with E-state index in [-0.39, 0.29) is 0 Å². The molecule has 2 rings (SSSR count). The smallest absolute Gasteiger partial charge is 0.337 e. The molecule has 0 spiro atoms. The molecule has 1 aromatic carbocycles. The maximum absolute atomic E-state index is 11.0. The summed E-state index contributed by atoms with van der Waals surface area (Å²) in [5, 5.41) is 12.2. The van der Waals surface area contributed by atoms with Crippen LogP contribution in [-0.4, -0.2) is 11.1 Å². The van der Waals surface area contributed by atoms with E-state index in [2.05, 4.69) is 21.2 Å². The van der Waals surface area contributed by atoms with Crippen molar-refractivity contribution in [3.05, 3.63) is 50.6 Å². The number of carboxylic acids is 1. The summed E-state index contributed by atoms with van der Waals surface area (Å²) in [5.41, 5.74) is 0.938. The Labute approximate surface area is 111 Å². The maximum atomic E-state index is 11.0. The zero-order valence-electron chi connectivity index (χ0n) is 8.81. The normalized spacial score (nSPS) is 10.2. The number of carboxylic acid groups (broad SMARTS) is 1. The minimum atomic E-state index is -0.916. The van der Waals surface area contributed by atoms with Crippen LogP contribution in [0.2, 0.25) is 0 Å². The van der Waals surface area contributed by atoms with E-state index in [4.69, 9.17) is 5.11 Å². The first-order valence-electron chi connectivity index (χ1n) is 4.97. The van der Waals surface area contributed by atoms with Gasteiger partial charge in [-0.05, 0) is 40.2 Å². The van der Waals surface area contributed by atoms with Crippen molar-refractivity contribution in [2.45, 2.75) is 6.54 Å². The first-order valence-corrected chi connectivity index (χ1v) is 6.58. The molecule has 0 unspecified atom stereocenters. The van der Waals surface area contributed by atoms with E-state index < -0.39 is 5.97 Å². The lowest BCUT2D eigenvalue weighted by Gasteiger charge is -2.07. The number of thiophene rings is 1. The molecule has 0 aliphatic carbocycles. The molecule has 0 aliphatic rings. The fourth-order valence-corrected chi connectivity index (χ4v) is 2.88. The van der Waals surface area contributed by atoms with Crippen LogP contribution in [0.3, 0.4) is 0 Å². The summed E-state index contributed by atoms with van der Waals surface area (Å²) in [6.45, 7) is 0.626. The molecule has 0 atom stereocenters. The lowest BCUT2D eigenvalue weighted by Crippen LogP contribution is -2.05. The molecule has 0 aliphatic heterocycles. The Morgan fingerprint density at radius 1 is 1.29 bits per heavy atom. The fraction of sp³-hybridized carbons (Fsp3) is 0.0833. The molecule has 1 aromatic heterocycles. The summed E-state index contributed by atoms with van der Waals surface area (Å²) in [7, 11) is 0. The van der Waals surface area contributed by atoms with Crippen LogP contribution in [0.15, 0.2) is 40.2 Å². The van der Waals surface area contributed by atoms with Crippen LogP contribution < -0.4 is 5.32 Å². The second-order valence-corrected chi connectivity index (χ2v) is 5.96. The summed E-state index contributed by atoms with van der Waals surface area (Å²) in [6.07, 6.45) is 0. The van der Waals surface area contributed by atoms with Gasteiger partial charge in [0.25, 0.3) is 0 Å². The van der Waals surface area contributed by atoms with Crippen molar-refractivity contribution < 1.29 is 9.90 Å². The van der Waals surface area contributed by atoms with Crippen LogP contribution in [0.1, 0.15) is 15.2 Å². The van der Waals surface area contributed by atoms with Gasteiger partial charge in [0.05, 0.1) is 9.35 Å². The quantitative estimate of drug-likeness (QED) is 0.902. The predicted octanol–water partition coefficient (Wildman–Crippen LogP) is 3.82. The molecule has 0 saturated heterocycles. The highest BCUT2D eigenvalue weighted by Crippen LogP contribution is 2.23. The molecule has 0 radical (unpaired) electrons. The molecule has 17 heavy (non-hydrogen) atoms. The van der Waals surface area contributed by atoms with E-state index >= 15 is 0 Å². The van der Waals surface area contributed by atoms with Crippen molar-refractivity contribution in [2.75, 3.05) is 5.32 Å². The van der Waals surface area contributed by atoms with Crippen LogP contribution in [0.4, 0.5) is 5.69 Å². The Bertz CT molecular complexity index is 539. The predicted molar refractivity (Wildman–Crippen MR) is 72.7 cm³/mol. The van der Waals surface area contributed by atoms with Gasteiger partial charge in [0.1, 0.15) is 0 Å². The maximum Gasteiger partial charge on any atom is 0.337 e. The number of carbonyl (C=O) groups is 1. The summed E-state index contributed by atoms with van der Waals surface area (Å²) in [6, 6.07) is 10.9. The van der Waals surface area contributed by atoms with E-state index in [1.807, 2.05) is 18.2 Å². The Kier molecular flexibility index (Phi) is 3.81. The van der Waals surface area contributed by atoms with Crippen molar-refractivity contribution in [1.29, 1.82) is 0 Å². The molecule has 0 bridgehead atoms. The Balaban J connectivity index is 2.11. The van der Waals surface area contributed by atoms with E-state index in [0.717, 1.165) is 8.66 Å². The van der Waals surface area contributed by atoms with Gasteiger partial charge in [-0.1, -0.05) is 12.1 Å². The summed E-state index contributed by atoms with van der Waals surface area (Å²) >= 11 is 5.02. The summed E-state index contributed by atoms with van der Waals surface area (Å²) in [4.78, 5) is 12.1. The molecule has 5 heteroatoms. The Morgan fingerprint density at radius 2 is 2.06 bits per heavy atom. The van der Waals surface area contributed by atoms with Crippen molar-refractivity contribution in [3.8, 4) is 0 Å². The third-order valence-electron chi connectivity index (χ3n) is 2.24. The van der Waals surface area contributed by atoms with E-state index in [1.54, 1.807) is 29.5 Å². The van der Waals surface area contributed by atoms with E-state index in [1.165, 1.54) is 0 Å². The molecule has 2 aromatic rings. The average molecular weight is 312 g/mol. The summed E-state index contributed by atoms with van der Waals surface area (Å²) < 4.78 is 1.07. The number of rotatable bonds is 4. The monoisotopic (exact) mass is 311 g/mol. The van der Waals surface area contributed by atoms with Gasteiger partial charge in [-0.15, -0.1) is 11.3 Å². The van der Waals surface area contributed by atoms with Crippen molar-refractivity contribution in [2.24, 2.45) is 0 Å². The van der Waals surface area contributed by atoms with Crippen LogP contribution in [0.25, 0.3) is 0 Å². The Morgan fingerprint density at radius 3 is 2.71 bits per heavy atom. The molecule has 0 saturated carbocycles. The van der Waals surface area contributed by atoms with Crippen LogP contribution >= 0.6 is 27.3 Å². The highest BCUT2D eigenvalue weighted by molar-refractivity contribution is 9.11. The van der Waals surface area contributed by atoms with E-state index in [0.29, 0.717) is 17.8 Å². The van der Waals surface area contributed by atoms with Crippen molar-refractivity contribution in [3.63, 3.8) is 0 Å². The lowest BCUT2D eigenvalue weighted by molar-refractivity contribution is 0.0698. The third kappa shape index (κ3) is 3.08. The van der Waals surface area contributed by atoms with Gasteiger partial charge in [0.2, 0.25) is 0 Å². The Hall–Kier alpha value is -1.33. The summed E-state index contributed by atoms with van der Waals surface area (Å²) in [5.74, 6) is -0.916. The van der Waals surface area contributed by atoms with Crippen LogP contribution in [0, 0.1) is 0 Å². The molecule has 3 nitrogen and oxygen atoms in total. The average Bonchev–Trinajstić information content (AvgIpc) is 2.73. The van der Waals surface area contributed by atoms with Gasteiger partial charge in [-0.2, -0.15) is 0 Å². The highest BCUT2D eigenvalue weighted by Gasteiger charge is 2.08. The molecular weight excluding hydrogens is 302 g/mol. The molecule has 88 valence electrons. The first-order chi connectivity index (χ1) is 8.16. The zero-order chi connectivity index (χ0) is 12.3. The third-order valence-corrected chi connectivity index (χ3v) is 3.86. The number of hydrogen-bond acceptors (Lipinski definition) is 3. The second kappa shape index (κ2) is 5.33. The standard InChI is InChI=1S/C12H10BrNO2S/c13-11-6-5-8(17-11)7-14-10-4-2-1-3-9(10)12(15)16/h1-6,14H,7H2,(H,15,16). The number of benzene rings is 1. The van der Waals surface area contributed by atoms with E-state index in [9.17, 15) is 4.79 Å². The minimum absolute atomic E-state index is 0.295. The van der Waals surface area contributed by atoms with Crippen LogP contribution in [-0.2, 0) is 6.54 Å². The zero-order valence-corrected chi connectivity index (χ0v) is 11.2. The van der Waals surface area contributed by atoms with Crippen molar-refractivity contribution >= 4 is 38.9 Å². The number of hydrogen-bond donors (Lipinski definition) is 2. The number of anilines is 1. The molecular formula is C12H10BrNO2S. The largest absolute Gasteiger partial charge is 0.478 e. The fourth-order valence-electron chi connectivity index (χ4n) is 1.45. The molecule has 0 fully saturated rings. The molecule has 0 amide bonds. The number of aromatic carboxylic acids is 1. The SMILES string of the molecule is O=C(O)c1ccccc1NCc1ccc(Br)s1. The highest BCUT2D eigenvalue weighted by atomic mass is 79.9. The minimum Gasteiger partial charge on any atom is -0.478 e. The lowest BCUT2D eigenvalue weighted by atomic mass is 10.2. The van der Waals surface area contributed by atoms with Gasteiger partial charge < -0.3 is 10.4 Å². The van der Waals surface area contributed by atoms with Crippen molar-refractivity contribution in [1.82, 2.24) is 0 Å². The van der Waals surface area contributed by atoms with Gasteiger partial charge in [0.15, 0.2) is 0 Å². The second-order valence-electron chi connectivity index (χ2n) is 3.41. The van der Waals surface area contributed by atoms with Gasteiger partial charge >= 0.3 is 5.97 Å². The molecule has 1 heterocycles. The van der Waals surface area contributed by atoms with Gasteiger partial charge in [-0.25, -0.2) is 4.79 Å². The van der Waals surface area contributed by atoms with Crippen LogP contribution in [0.5, 0.6) is 0 Å². The first kappa shape index (κ1) is 12.1. The number of para-hydroxylation sites is 1. The number of halogens is 1. The number of nitrogens with one attached hydrogen (secondary N) is 1. The topological polar surface area (TPSA) is 49.3 Å². The van der Waals surface area contributed by atoms with Gasteiger partial charge in [-0.3, -0.25) is 0 Å². The molecule has 2 N–H and O–H groups in total.